The molecule has 0 unspecified atom stereocenters. The van der Waals surface area contributed by atoms with Crippen molar-refractivity contribution >= 4 is 22.6 Å². The van der Waals surface area contributed by atoms with Gasteiger partial charge in [0.25, 0.3) is 5.56 Å². The molecular formula is C22H24N4O2. The Hall–Kier alpha value is -3.15. The van der Waals surface area contributed by atoms with E-state index in [-0.39, 0.29) is 17.6 Å². The summed E-state index contributed by atoms with van der Waals surface area (Å²) in [7, 11) is 0. The van der Waals surface area contributed by atoms with Gasteiger partial charge >= 0.3 is 6.03 Å². The van der Waals surface area contributed by atoms with E-state index in [4.69, 9.17) is 0 Å². The Bertz CT molecular complexity index is 1060. The van der Waals surface area contributed by atoms with Crippen LogP contribution in [0.5, 0.6) is 0 Å². The van der Waals surface area contributed by atoms with E-state index in [0.29, 0.717) is 24.0 Å². The molecule has 3 aromatic rings. The Morgan fingerprint density at radius 2 is 1.75 bits per heavy atom. The molecule has 0 bridgehead atoms. The quantitative estimate of drug-likeness (QED) is 0.738. The molecule has 28 heavy (non-hydrogen) atoms. The molecule has 0 aliphatic carbocycles. The molecule has 1 fully saturated rings. The lowest BCUT2D eigenvalue weighted by Gasteiger charge is -2.32. The van der Waals surface area contributed by atoms with Crippen LogP contribution >= 0.6 is 0 Å². The number of likely N-dealkylation sites (tertiary alicyclic amines) is 1. The van der Waals surface area contributed by atoms with Gasteiger partial charge in [0.2, 0.25) is 0 Å². The number of anilines is 1. The summed E-state index contributed by atoms with van der Waals surface area (Å²) < 4.78 is 1.72. The van der Waals surface area contributed by atoms with E-state index in [1.807, 2.05) is 55.1 Å². The van der Waals surface area contributed by atoms with Crippen LogP contribution in [0.3, 0.4) is 0 Å². The number of nitrogens with zero attached hydrogens (tertiary/aromatic N) is 3. The van der Waals surface area contributed by atoms with Gasteiger partial charge in [0, 0.05) is 24.8 Å². The minimum absolute atomic E-state index is 0.0104. The second-order valence-electron chi connectivity index (χ2n) is 7.50. The highest BCUT2D eigenvalue weighted by atomic mass is 16.2. The van der Waals surface area contributed by atoms with Crippen LogP contribution in [0.1, 0.15) is 30.0 Å². The lowest BCUT2D eigenvalue weighted by molar-refractivity contribution is 0.182. The highest BCUT2D eigenvalue weighted by Gasteiger charge is 2.25. The summed E-state index contributed by atoms with van der Waals surface area (Å²) in [5.74, 6) is 0. The standard InChI is InChI=1S/C22H24N4O2/c1-15-11-16(2)13-17(12-15)24-22(28)25-9-7-18(8-10-25)26-14-23-20-6-4-3-5-19(20)21(26)27/h3-6,11-14,18H,7-10H2,1-2H3,(H,24,28). The third-order valence-electron chi connectivity index (χ3n) is 5.31. The fourth-order valence-corrected chi connectivity index (χ4v) is 3.94. The number of carbonyl (C=O) groups is 1. The average molecular weight is 376 g/mol. The summed E-state index contributed by atoms with van der Waals surface area (Å²) in [4.78, 5) is 31.6. The molecular weight excluding hydrogens is 352 g/mol. The number of urea groups is 1. The Morgan fingerprint density at radius 3 is 2.46 bits per heavy atom. The Morgan fingerprint density at radius 1 is 1.07 bits per heavy atom. The van der Waals surface area contributed by atoms with Gasteiger partial charge in [0.05, 0.1) is 17.2 Å². The number of benzene rings is 2. The lowest BCUT2D eigenvalue weighted by Crippen LogP contribution is -2.42. The Kier molecular flexibility index (Phi) is 4.86. The van der Waals surface area contributed by atoms with Crippen LogP contribution in [0, 0.1) is 13.8 Å². The molecule has 1 aliphatic rings. The number of carbonyl (C=O) groups excluding carboxylic acids is 1. The number of hydrogen-bond donors (Lipinski definition) is 1. The second kappa shape index (κ2) is 7.46. The molecule has 1 aromatic heterocycles. The Balaban J connectivity index is 1.44. The minimum atomic E-state index is -0.0903. The molecule has 2 aromatic carbocycles. The SMILES string of the molecule is Cc1cc(C)cc(NC(=O)N2CCC(n3cnc4ccccc4c3=O)CC2)c1. The third kappa shape index (κ3) is 3.63. The number of aryl methyl sites for hydroxylation is 2. The van der Waals surface area contributed by atoms with E-state index in [1.54, 1.807) is 10.9 Å². The summed E-state index contributed by atoms with van der Waals surface area (Å²) in [6.07, 6.45) is 3.11. The van der Waals surface area contributed by atoms with Crippen molar-refractivity contribution in [1.29, 1.82) is 0 Å². The van der Waals surface area contributed by atoms with Crippen LogP contribution in [0.4, 0.5) is 10.5 Å². The predicted molar refractivity (Wildman–Crippen MR) is 111 cm³/mol. The number of rotatable bonds is 2. The van der Waals surface area contributed by atoms with Gasteiger partial charge in [-0.15, -0.1) is 0 Å². The van der Waals surface area contributed by atoms with Gasteiger partial charge in [-0.2, -0.15) is 0 Å². The smallest absolute Gasteiger partial charge is 0.321 e. The number of fused-ring (bicyclic) bond motifs is 1. The Labute approximate surface area is 163 Å². The minimum Gasteiger partial charge on any atom is -0.324 e. The first-order valence-corrected chi connectivity index (χ1v) is 9.61. The van der Waals surface area contributed by atoms with E-state index in [1.165, 1.54) is 0 Å². The molecule has 0 radical (unpaired) electrons. The molecule has 1 aliphatic heterocycles. The molecule has 2 amide bonds. The number of nitrogens with one attached hydrogen (secondary N) is 1. The first-order chi connectivity index (χ1) is 13.5. The van der Waals surface area contributed by atoms with Crippen molar-refractivity contribution in [2.24, 2.45) is 0 Å². The van der Waals surface area contributed by atoms with E-state index in [2.05, 4.69) is 16.4 Å². The normalized spacial score (nSPS) is 15.0. The fraction of sp³-hybridized carbons (Fsp3) is 0.318. The maximum Gasteiger partial charge on any atom is 0.321 e. The van der Waals surface area contributed by atoms with Gasteiger partial charge in [-0.3, -0.25) is 9.36 Å². The zero-order chi connectivity index (χ0) is 19.7. The molecule has 0 spiro atoms. The van der Waals surface area contributed by atoms with Crippen LogP contribution in [0.15, 0.2) is 53.6 Å². The highest BCUT2D eigenvalue weighted by molar-refractivity contribution is 5.89. The van der Waals surface area contributed by atoms with E-state index in [0.717, 1.165) is 29.7 Å². The van der Waals surface area contributed by atoms with Gasteiger partial charge < -0.3 is 10.2 Å². The second-order valence-corrected chi connectivity index (χ2v) is 7.50. The number of para-hydroxylation sites is 1. The first kappa shape index (κ1) is 18.2. The van der Waals surface area contributed by atoms with Gasteiger partial charge in [0.15, 0.2) is 0 Å². The predicted octanol–water partition coefficient (Wildman–Crippen LogP) is 3.88. The summed E-state index contributed by atoms with van der Waals surface area (Å²) in [6, 6.07) is 13.4. The van der Waals surface area contributed by atoms with Crippen molar-refractivity contribution in [3.63, 3.8) is 0 Å². The number of amides is 2. The molecule has 4 rings (SSSR count). The van der Waals surface area contributed by atoms with Gasteiger partial charge in [0.1, 0.15) is 0 Å². The molecule has 0 atom stereocenters. The fourth-order valence-electron chi connectivity index (χ4n) is 3.94. The van der Waals surface area contributed by atoms with Crippen LogP contribution < -0.4 is 10.9 Å². The zero-order valence-corrected chi connectivity index (χ0v) is 16.2. The van der Waals surface area contributed by atoms with Crippen molar-refractivity contribution in [1.82, 2.24) is 14.5 Å². The largest absolute Gasteiger partial charge is 0.324 e. The van der Waals surface area contributed by atoms with Crippen molar-refractivity contribution in [3.8, 4) is 0 Å². The lowest BCUT2D eigenvalue weighted by atomic mass is 10.0. The summed E-state index contributed by atoms with van der Waals surface area (Å²) >= 11 is 0. The molecule has 144 valence electrons. The first-order valence-electron chi connectivity index (χ1n) is 9.61. The number of piperidine rings is 1. The van der Waals surface area contributed by atoms with E-state index >= 15 is 0 Å². The highest BCUT2D eigenvalue weighted by Crippen LogP contribution is 2.23. The molecule has 1 saturated heterocycles. The molecule has 1 N–H and O–H groups in total. The maximum absolute atomic E-state index is 12.8. The van der Waals surface area contributed by atoms with Crippen LogP contribution in [-0.4, -0.2) is 33.6 Å². The van der Waals surface area contributed by atoms with E-state index in [9.17, 15) is 9.59 Å². The number of aromatic nitrogens is 2. The maximum atomic E-state index is 12.8. The molecule has 6 nitrogen and oxygen atoms in total. The monoisotopic (exact) mass is 376 g/mol. The summed E-state index contributed by atoms with van der Waals surface area (Å²) in [5, 5.41) is 3.63. The summed E-state index contributed by atoms with van der Waals surface area (Å²) in [6.45, 7) is 5.26. The van der Waals surface area contributed by atoms with Gasteiger partial charge in [-0.25, -0.2) is 9.78 Å². The number of hydrogen-bond acceptors (Lipinski definition) is 3. The van der Waals surface area contributed by atoms with Crippen LogP contribution in [-0.2, 0) is 0 Å². The van der Waals surface area contributed by atoms with Gasteiger partial charge in [-0.1, -0.05) is 18.2 Å². The molecule has 0 saturated carbocycles. The topological polar surface area (TPSA) is 67.2 Å². The molecule has 6 heteroatoms. The zero-order valence-electron chi connectivity index (χ0n) is 16.2. The van der Waals surface area contributed by atoms with Gasteiger partial charge in [-0.05, 0) is 62.1 Å². The van der Waals surface area contributed by atoms with Crippen molar-refractivity contribution < 1.29 is 4.79 Å². The van der Waals surface area contributed by atoms with Crippen LogP contribution in [0.25, 0.3) is 10.9 Å². The average Bonchev–Trinajstić information content (AvgIpc) is 2.68. The molecule has 2 heterocycles. The van der Waals surface area contributed by atoms with Crippen molar-refractivity contribution in [2.45, 2.75) is 32.7 Å². The van der Waals surface area contributed by atoms with Crippen molar-refractivity contribution in [3.05, 3.63) is 70.3 Å². The van der Waals surface area contributed by atoms with Crippen molar-refractivity contribution in [2.75, 3.05) is 18.4 Å². The third-order valence-corrected chi connectivity index (χ3v) is 5.31. The van der Waals surface area contributed by atoms with Crippen LogP contribution in [0.2, 0.25) is 0 Å². The van der Waals surface area contributed by atoms with E-state index < -0.39 is 0 Å². The summed E-state index contributed by atoms with van der Waals surface area (Å²) in [5.41, 5.74) is 3.77.